The molecular formula is C16H19N3O2. The number of pyridine rings is 1. The standard InChI is InChI=1S/C16H19N3O2/c17-12-2-5-19(6-3-12)16-13-10-15-14(20-7-8-21-15)9-11(13)1-4-18-16/h1,4,9-10,12H,2-3,5-8,17H2. The lowest BCUT2D eigenvalue weighted by molar-refractivity contribution is 0.172. The number of aromatic nitrogens is 1. The molecule has 0 saturated carbocycles. The van der Waals surface area contributed by atoms with Crippen LogP contribution in [0.5, 0.6) is 11.5 Å². The normalized spacial score (nSPS) is 19.0. The highest BCUT2D eigenvalue weighted by Gasteiger charge is 2.21. The summed E-state index contributed by atoms with van der Waals surface area (Å²) in [4.78, 5) is 6.91. The lowest BCUT2D eigenvalue weighted by atomic mass is 10.0. The van der Waals surface area contributed by atoms with Crippen LogP contribution in [0, 0.1) is 0 Å². The van der Waals surface area contributed by atoms with Gasteiger partial charge >= 0.3 is 0 Å². The molecule has 1 aromatic carbocycles. The van der Waals surface area contributed by atoms with Crippen molar-refractivity contribution in [3.05, 3.63) is 24.4 Å². The second-order valence-electron chi connectivity index (χ2n) is 5.68. The quantitative estimate of drug-likeness (QED) is 0.867. The Balaban J connectivity index is 1.78. The van der Waals surface area contributed by atoms with Gasteiger partial charge in [0, 0.05) is 30.7 Å². The number of hydrogen-bond acceptors (Lipinski definition) is 5. The number of fused-ring (bicyclic) bond motifs is 2. The third-order valence-corrected chi connectivity index (χ3v) is 4.25. The molecule has 1 fully saturated rings. The Hall–Kier alpha value is -2.01. The number of hydrogen-bond donors (Lipinski definition) is 1. The first-order chi connectivity index (χ1) is 10.3. The molecule has 1 aromatic heterocycles. The highest BCUT2D eigenvalue weighted by molar-refractivity contribution is 5.94. The zero-order chi connectivity index (χ0) is 14.2. The Kier molecular flexibility index (Phi) is 3.07. The minimum Gasteiger partial charge on any atom is -0.486 e. The van der Waals surface area contributed by atoms with Crippen LogP contribution in [0.4, 0.5) is 5.82 Å². The van der Waals surface area contributed by atoms with E-state index in [9.17, 15) is 0 Å². The average molecular weight is 285 g/mol. The molecule has 0 atom stereocenters. The van der Waals surface area contributed by atoms with Gasteiger partial charge in [-0.25, -0.2) is 4.98 Å². The van der Waals surface area contributed by atoms with Gasteiger partial charge in [0.2, 0.25) is 0 Å². The van der Waals surface area contributed by atoms with Gasteiger partial charge < -0.3 is 20.1 Å². The van der Waals surface area contributed by atoms with Crippen molar-refractivity contribution < 1.29 is 9.47 Å². The summed E-state index contributed by atoms with van der Waals surface area (Å²) in [6.07, 6.45) is 3.90. The molecule has 1 saturated heterocycles. The zero-order valence-corrected chi connectivity index (χ0v) is 11.9. The second-order valence-corrected chi connectivity index (χ2v) is 5.68. The Labute approximate surface area is 123 Å². The van der Waals surface area contributed by atoms with Gasteiger partial charge in [0.1, 0.15) is 19.0 Å². The number of nitrogens with two attached hydrogens (primary N) is 1. The molecule has 3 heterocycles. The molecule has 0 amide bonds. The number of anilines is 1. The van der Waals surface area contributed by atoms with Crippen molar-refractivity contribution in [3.63, 3.8) is 0 Å². The Morgan fingerprint density at radius 3 is 2.57 bits per heavy atom. The summed E-state index contributed by atoms with van der Waals surface area (Å²) in [5.41, 5.74) is 6.00. The maximum Gasteiger partial charge on any atom is 0.162 e. The van der Waals surface area contributed by atoms with E-state index in [0.717, 1.165) is 54.0 Å². The molecule has 4 rings (SSSR count). The van der Waals surface area contributed by atoms with Crippen LogP contribution >= 0.6 is 0 Å². The van der Waals surface area contributed by atoms with Gasteiger partial charge in [0.15, 0.2) is 11.5 Å². The average Bonchev–Trinajstić information content (AvgIpc) is 2.53. The predicted octanol–water partition coefficient (Wildman–Crippen LogP) is 1.93. The van der Waals surface area contributed by atoms with Crippen molar-refractivity contribution >= 4 is 16.6 Å². The number of nitrogens with zero attached hydrogens (tertiary/aromatic N) is 2. The predicted molar refractivity (Wildman–Crippen MR) is 82.2 cm³/mol. The molecule has 0 radical (unpaired) electrons. The fourth-order valence-corrected chi connectivity index (χ4v) is 3.06. The third-order valence-electron chi connectivity index (χ3n) is 4.25. The topological polar surface area (TPSA) is 60.6 Å². The third kappa shape index (κ3) is 2.27. The Morgan fingerprint density at radius 1 is 1.10 bits per heavy atom. The minimum absolute atomic E-state index is 0.320. The molecule has 21 heavy (non-hydrogen) atoms. The SMILES string of the molecule is NC1CCN(c2nccc3cc4c(cc23)OCCO4)CC1. The van der Waals surface area contributed by atoms with Crippen molar-refractivity contribution in [3.8, 4) is 11.5 Å². The van der Waals surface area contributed by atoms with Crippen molar-refractivity contribution in [2.45, 2.75) is 18.9 Å². The van der Waals surface area contributed by atoms with Gasteiger partial charge in [-0.2, -0.15) is 0 Å². The smallest absolute Gasteiger partial charge is 0.162 e. The molecule has 0 aliphatic carbocycles. The van der Waals surface area contributed by atoms with Crippen LogP contribution in [0.1, 0.15) is 12.8 Å². The number of benzene rings is 1. The van der Waals surface area contributed by atoms with Crippen LogP contribution in [0.15, 0.2) is 24.4 Å². The van der Waals surface area contributed by atoms with E-state index in [1.54, 1.807) is 0 Å². The first-order valence-corrected chi connectivity index (χ1v) is 7.50. The van der Waals surface area contributed by atoms with Crippen LogP contribution in [0.3, 0.4) is 0 Å². The van der Waals surface area contributed by atoms with Crippen molar-refractivity contribution in [1.29, 1.82) is 0 Å². The van der Waals surface area contributed by atoms with Crippen LogP contribution < -0.4 is 20.1 Å². The first kappa shape index (κ1) is 12.7. The molecule has 0 unspecified atom stereocenters. The van der Waals surface area contributed by atoms with Gasteiger partial charge in [-0.3, -0.25) is 0 Å². The van der Waals surface area contributed by atoms with Crippen LogP contribution in [-0.4, -0.2) is 37.3 Å². The maximum absolute atomic E-state index is 6.00. The lowest BCUT2D eigenvalue weighted by Gasteiger charge is -2.32. The summed E-state index contributed by atoms with van der Waals surface area (Å²) in [6, 6.07) is 6.44. The summed E-state index contributed by atoms with van der Waals surface area (Å²) < 4.78 is 11.4. The van der Waals surface area contributed by atoms with Gasteiger partial charge in [0.05, 0.1) is 0 Å². The summed E-state index contributed by atoms with van der Waals surface area (Å²) in [5, 5.41) is 2.26. The molecule has 2 aliphatic rings. The fourth-order valence-electron chi connectivity index (χ4n) is 3.06. The maximum atomic E-state index is 6.00. The van der Waals surface area contributed by atoms with Crippen molar-refractivity contribution in [2.75, 3.05) is 31.2 Å². The van der Waals surface area contributed by atoms with E-state index in [0.29, 0.717) is 19.3 Å². The highest BCUT2D eigenvalue weighted by atomic mass is 16.6. The minimum atomic E-state index is 0.320. The molecule has 2 N–H and O–H groups in total. The monoisotopic (exact) mass is 285 g/mol. The van der Waals surface area contributed by atoms with E-state index >= 15 is 0 Å². The summed E-state index contributed by atoms with van der Waals surface area (Å²) in [6.45, 7) is 3.14. The molecule has 2 aliphatic heterocycles. The summed E-state index contributed by atoms with van der Waals surface area (Å²) in [5.74, 6) is 2.67. The highest BCUT2D eigenvalue weighted by Crippen LogP contribution is 2.37. The zero-order valence-electron chi connectivity index (χ0n) is 11.9. The van der Waals surface area contributed by atoms with E-state index in [2.05, 4.69) is 16.0 Å². The van der Waals surface area contributed by atoms with E-state index < -0.39 is 0 Å². The van der Waals surface area contributed by atoms with Crippen LogP contribution in [-0.2, 0) is 0 Å². The van der Waals surface area contributed by atoms with Gasteiger partial charge in [-0.05, 0) is 36.4 Å². The molecule has 2 aromatic rings. The molecule has 0 spiro atoms. The van der Waals surface area contributed by atoms with Crippen LogP contribution in [0.2, 0.25) is 0 Å². The van der Waals surface area contributed by atoms with Gasteiger partial charge in [0.25, 0.3) is 0 Å². The molecule has 0 bridgehead atoms. The van der Waals surface area contributed by atoms with E-state index in [-0.39, 0.29) is 0 Å². The molecule has 110 valence electrons. The largest absolute Gasteiger partial charge is 0.486 e. The number of rotatable bonds is 1. The molecule has 5 nitrogen and oxygen atoms in total. The summed E-state index contributed by atoms with van der Waals surface area (Å²) >= 11 is 0. The molecule has 5 heteroatoms. The lowest BCUT2D eigenvalue weighted by Crippen LogP contribution is -2.40. The van der Waals surface area contributed by atoms with E-state index in [1.807, 2.05) is 18.3 Å². The second kappa shape index (κ2) is 5.07. The van der Waals surface area contributed by atoms with Crippen LogP contribution in [0.25, 0.3) is 10.8 Å². The van der Waals surface area contributed by atoms with Crippen molar-refractivity contribution in [2.24, 2.45) is 5.73 Å². The number of piperidine rings is 1. The van der Waals surface area contributed by atoms with Gasteiger partial charge in [-0.15, -0.1) is 0 Å². The Morgan fingerprint density at radius 2 is 1.81 bits per heavy atom. The Bertz CT molecular complexity index is 666. The van der Waals surface area contributed by atoms with Gasteiger partial charge in [-0.1, -0.05) is 0 Å². The van der Waals surface area contributed by atoms with E-state index in [4.69, 9.17) is 15.2 Å². The number of ether oxygens (including phenoxy) is 2. The first-order valence-electron chi connectivity index (χ1n) is 7.50. The van der Waals surface area contributed by atoms with E-state index in [1.165, 1.54) is 0 Å². The summed E-state index contributed by atoms with van der Waals surface area (Å²) in [7, 11) is 0. The van der Waals surface area contributed by atoms with Crippen molar-refractivity contribution in [1.82, 2.24) is 4.98 Å². The molecular weight excluding hydrogens is 266 g/mol. The fraction of sp³-hybridized carbons (Fsp3) is 0.438.